The Hall–Kier alpha value is -2.04. The molecule has 2 rings (SSSR count). The number of hydrogen-bond donors (Lipinski definition) is 0. The van der Waals surface area contributed by atoms with Crippen LogP contribution < -0.4 is 0 Å². The smallest absolute Gasteiger partial charge is 0.223 e. The van der Waals surface area contributed by atoms with Gasteiger partial charge in [-0.1, -0.05) is 30.3 Å². The number of rotatable bonds is 3. The average molecular weight is 302 g/mol. The molecule has 0 saturated carbocycles. The van der Waals surface area contributed by atoms with Gasteiger partial charge >= 0.3 is 0 Å². The highest BCUT2D eigenvalue weighted by molar-refractivity contribution is 5.80. The fraction of sp³-hybridized carbons (Fsp3) is 0.529. The van der Waals surface area contributed by atoms with Crippen LogP contribution in [-0.2, 0) is 4.79 Å². The summed E-state index contributed by atoms with van der Waals surface area (Å²) >= 11 is 0. The van der Waals surface area contributed by atoms with Gasteiger partial charge in [0.2, 0.25) is 5.91 Å². The number of guanidine groups is 1. The van der Waals surface area contributed by atoms with Crippen LogP contribution >= 0.6 is 0 Å². The fourth-order valence-electron chi connectivity index (χ4n) is 3.14. The quantitative estimate of drug-likeness (QED) is 0.630. The van der Waals surface area contributed by atoms with Crippen LogP contribution in [0.3, 0.4) is 0 Å². The molecule has 0 aromatic heterocycles. The van der Waals surface area contributed by atoms with Crippen molar-refractivity contribution >= 4 is 11.9 Å². The lowest BCUT2D eigenvalue weighted by Crippen LogP contribution is -2.36. The molecule has 0 radical (unpaired) electrons. The molecule has 1 fully saturated rings. The van der Waals surface area contributed by atoms with Crippen LogP contribution in [0.5, 0.6) is 0 Å². The first-order chi connectivity index (χ1) is 10.4. The molecule has 0 unspecified atom stereocenters. The van der Waals surface area contributed by atoms with Crippen LogP contribution in [0.25, 0.3) is 0 Å². The highest BCUT2D eigenvalue weighted by atomic mass is 16.2. The van der Waals surface area contributed by atoms with Crippen LogP contribution in [-0.4, -0.2) is 68.3 Å². The zero-order valence-electron chi connectivity index (χ0n) is 14.2. The number of amides is 1. The maximum Gasteiger partial charge on any atom is 0.223 e. The minimum absolute atomic E-state index is 0.114. The molecule has 1 aromatic carbocycles. The zero-order chi connectivity index (χ0) is 16.3. The molecular formula is C17H26N4O. The van der Waals surface area contributed by atoms with Gasteiger partial charge in [0.15, 0.2) is 5.96 Å². The van der Waals surface area contributed by atoms with E-state index in [-0.39, 0.29) is 17.9 Å². The Morgan fingerprint density at radius 2 is 1.77 bits per heavy atom. The standard InChI is InChI=1S/C17H26N4O/c1-19(2)17(20(3)4)18-12-14-11-15(22)21(5)16(14)13-9-7-6-8-10-13/h6-10,14,16H,11-12H2,1-5H3/t14-,16-/m0/s1. The van der Waals surface area contributed by atoms with E-state index in [1.54, 1.807) is 0 Å². The summed E-state index contributed by atoms with van der Waals surface area (Å²) < 4.78 is 0. The number of carbonyl (C=O) groups excluding carboxylic acids is 1. The third-order valence-corrected chi connectivity index (χ3v) is 4.10. The molecule has 120 valence electrons. The first kappa shape index (κ1) is 16.3. The second-order valence-corrected chi connectivity index (χ2v) is 6.25. The van der Waals surface area contributed by atoms with Gasteiger partial charge < -0.3 is 14.7 Å². The van der Waals surface area contributed by atoms with Gasteiger partial charge in [-0.3, -0.25) is 9.79 Å². The van der Waals surface area contributed by atoms with Crippen molar-refractivity contribution < 1.29 is 4.79 Å². The Labute approximate surface area is 133 Å². The number of carbonyl (C=O) groups is 1. The van der Waals surface area contributed by atoms with Crippen molar-refractivity contribution in [2.45, 2.75) is 12.5 Å². The van der Waals surface area contributed by atoms with Crippen LogP contribution in [0, 0.1) is 5.92 Å². The molecule has 22 heavy (non-hydrogen) atoms. The Morgan fingerprint density at radius 3 is 2.32 bits per heavy atom. The molecule has 1 aliphatic heterocycles. The van der Waals surface area contributed by atoms with Crippen molar-refractivity contribution in [1.29, 1.82) is 0 Å². The summed E-state index contributed by atoms with van der Waals surface area (Å²) in [6.45, 7) is 0.654. The van der Waals surface area contributed by atoms with Crippen molar-refractivity contribution in [3.8, 4) is 0 Å². The van der Waals surface area contributed by atoms with Gasteiger partial charge in [0.25, 0.3) is 0 Å². The molecule has 1 aromatic rings. The fourth-order valence-corrected chi connectivity index (χ4v) is 3.14. The molecule has 1 saturated heterocycles. The van der Waals surface area contributed by atoms with Crippen molar-refractivity contribution in [2.75, 3.05) is 41.8 Å². The summed E-state index contributed by atoms with van der Waals surface area (Å²) in [5.74, 6) is 1.34. The van der Waals surface area contributed by atoms with Gasteiger partial charge in [0.1, 0.15) is 0 Å². The van der Waals surface area contributed by atoms with E-state index in [9.17, 15) is 4.79 Å². The molecule has 5 nitrogen and oxygen atoms in total. The van der Waals surface area contributed by atoms with Crippen LogP contribution in [0.4, 0.5) is 0 Å². The summed E-state index contributed by atoms with van der Waals surface area (Å²) in [6.07, 6.45) is 0.563. The lowest BCUT2D eigenvalue weighted by molar-refractivity contribution is -0.127. The second-order valence-electron chi connectivity index (χ2n) is 6.25. The molecule has 1 amide bonds. The van der Waals surface area contributed by atoms with Crippen molar-refractivity contribution in [1.82, 2.24) is 14.7 Å². The zero-order valence-corrected chi connectivity index (χ0v) is 14.2. The third-order valence-electron chi connectivity index (χ3n) is 4.10. The Morgan fingerprint density at radius 1 is 1.18 bits per heavy atom. The monoisotopic (exact) mass is 302 g/mol. The van der Waals surface area contributed by atoms with E-state index in [0.717, 1.165) is 5.96 Å². The SMILES string of the molecule is CN(C)C(=NC[C@@H]1CC(=O)N(C)[C@H]1c1ccccc1)N(C)C. The van der Waals surface area contributed by atoms with E-state index in [1.165, 1.54) is 5.56 Å². The van der Waals surface area contributed by atoms with Gasteiger partial charge in [-0.15, -0.1) is 0 Å². The predicted molar refractivity (Wildman–Crippen MR) is 89.7 cm³/mol. The van der Waals surface area contributed by atoms with Crippen LogP contribution in [0.15, 0.2) is 35.3 Å². The van der Waals surface area contributed by atoms with E-state index in [2.05, 4.69) is 12.1 Å². The Kier molecular flexibility index (Phi) is 5.06. The largest absolute Gasteiger partial charge is 0.349 e. The van der Waals surface area contributed by atoms with E-state index in [4.69, 9.17) is 4.99 Å². The molecule has 0 spiro atoms. The molecule has 0 bridgehead atoms. The number of aliphatic imine (C=N–C) groups is 1. The Balaban J connectivity index is 2.22. The summed E-state index contributed by atoms with van der Waals surface area (Å²) in [5, 5.41) is 0. The summed E-state index contributed by atoms with van der Waals surface area (Å²) in [4.78, 5) is 22.7. The number of likely N-dealkylation sites (tertiary alicyclic amines) is 1. The highest BCUT2D eigenvalue weighted by Gasteiger charge is 2.38. The van der Waals surface area contributed by atoms with Crippen molar-refractivity contribution in [3.05, 3.63) is 35.9 Å². The van der Waals surface area contributed by atoms with Crippen molar-refractivity contribution in [2.24, 2.45) is 10.9 Å². The summed E-state index contributed by atoms with van der Waals surface area (Å²) in [6, 6.07) is 10.4. The Bertz CT molecular complexity index is 529. The van der Waals surface area contributed by atoms with E-state index in [0.29, 0.717) is 13.0 Å². The lowest BCUT2D eigenvalue weighted by atomic mass is 9.94. The van der Waals surface area contributed by atoms with Crippen molar-refractivity contribution in [3.63, 3.8) is 0 Å². The molecule has 0 aliphatic carbocycles. The van der Waals surface area contributed by atoms with Gasteiger partial charge in [0, 0.05) is 54.1 Å². The maximum atomic E-state index is 12.1. The average Bonchev–Trinajstić information content (AvgIpc) is 2.74. The maximum absolute atomic E-state index is 12.1. The summed E-state index contributed by atoms with van der Waals surface area (Å²) in [5.41, 5.74) is 1.19. The van der Waals surface area contributed by atoms with Gasteiger partial charge in [-0.25, -0.2) is 0 Å². The topological polar surface area (TPSA) is 39.2 Å². The van der Waals surface area contributed by atoms with Gasteiger partial charge in [0.05, 0.1) is 6.04 Å². The first-order valence-corrected chi connectivity index (χ1v) is 7.61. The molecular weight excluding hydrogens is 276 g/mol. The normalized spacial score (nSPS) is 21.0. The second kappa shape index (κ2) is 6.81. The van der Waals surface area contributed by atoms with Crippen LogP contribution in [0.1, 0.15) is 18.0 Å². The molecule has 5 heteroatoms. The number of nitrogens with zero attached hydrogens (tertiary/aromatic N) is 4. The number of hydrogen-bond acceptors (Lipinski definition) is 2. The first-order valence-electron chi connectivity index (χ1n) is 7.61. The lowest BCUT2D eigenvalue weighted by Gasteiger charge is -2.26. The van der Waals surface area contributed by atoms with Crippen LogP contribution in [0.2, 0.25) is 0 Å². The molecule has 2 atom stereocenters. The molecule has 0 N–H and O–H groups in total. The summed E-state index contributed by atoms with van der Waals surface area (Å²) in [7, 11) is 9.83. The van der Waals surface area contributed by atoms with E-state index >= 15 is 0 Å². The highest BCUT2D eigenvalue weighted by Crippen LogP contribution is 2.37. The van der Waals surface area contributed by atoms with E-state index in [1.807, 2.05) is 68.1 Å². The minimum atomic E-state index is 0.114. The van der Waals surface area contributed by atoms with Gasteiger partial charge in [-0.05, 0) is 5.56 Å². The van der Waals surface area contributed by atoms with E-state index < -0.39 is 0 Å². The molecule has 1 aliphatic rings. The number of benzene rings is 1. The predicted octanol–water partition coefficient (Wildman–Crippen LogP) is 1.69. The van der Waals surface area contributed by atoms with Gasteiger partial charge in [-0.2, -0.15) is 0 Å². The molecule has 1 heterocycles. The third kappa shape index (κ3) is 3.40. The minimum Gasteiger partial charge on any atom is -0.349 e.